The first kappa shape index (κ1) is 42.3. The second-order valence-electron chi connectivity index (χ2n) is 18.8. The van der Waals surface area contributed by atoms with Crippen LogP contribution in [0.4, 0.5) is 5.69 Å². The number of halogens is 1. The molecule has 0 saturated carbocycles. The first-order chi connectivity index (χ1) is 33.1. The summed E-state index contributed by atoms with van der Waals surface area (Å²) in [6, 6.07) is 72.9. The number of hydrogen-bond donors (Lipinski definition) is 0. The van der Waals surface area contributed by atoms with E-state index >= 15 is 0 Å². The standard InChI is InChI=1S/C33H31BN2O2.C27H17BrN2/c1-32(2)33(3,4)38-34(37-32)23-20-18-22(19-21-23)31-35-29-27-16-10-8-14-25(27)26-15-9-11-17-28(26)30(29)36(31)24-12-6-5-7-13-24;28-19-16-14-18(15-17-19)27-29-25-23-12-6-4-10-21(23)22-11-5-7-13-24(22)26(25)30(27)20-8-2-1-3-9-20/h5-21,29-30H,1-4H3;1-17H. The normalized spacial score (nSPS) is 17.6. The molecule has 0 spiro atoms. The van der Waals surface area contributed by atoms with Crippen LogP contribution in [0, 0.1) is 0 Å². The monoisotopic (exact) mass is 946 g/mol. The van der Waals surface area contributed by atoms with E-state index in [0.29, 0.717) is 0 Å². The summed E-state index contributed by atoms with van der Waals surface area (Å²) in [4.78, 5) is 13.1. The summed E-state index contributed by atoms with van der Waals surface area (Å²) in [5.74, 6) is 1.93. The van der Waals surface area contributed by atoms with E-state index in [-0.39, 0.29) is 30.4 Å². The number of aromatic nitrogens is 2. The average molecular weight is 948 g/mol. The Bertz CT molecular complexity index is 3540. The lowest BCUT2D eigenvalue weighted by Gasteiger charge is -2.36. The molecule has 0 amide bonds. The van der Waals surface area contributed by atoms with Crippen molar-refractivity contribution < 1.29 is 9.31 Å². The van der Waals surface area contributed by atoms with Gasteiger partial charge in [0, 0.05) is 37.7 Å². The van der Waals surface area contributed by atoms with Crippen LogP contribution in [0.5, 0.6) is 0 Å². The molecule has 2 unspecified atom stereocenters. The molecule has 2 aliphatic heterocycles. The van der Waals surface area contributed by atoms with Gasteiger partial charge in [0.05, 0.1) is 28.3 Å². The Morgan fingerprint density at radius 1 is 0.500 bits per heavy atom. The van der Waals surface area contributed by atoms with Gasteiger partial charge in [0.1, 0.15) is 17.7 Å². The largest absolute Gasteiger partial charge is 0.494 e. The Hall–Kier alpha value is -7.10. The lowest BCUT2D eigenvalue weighted by Crippen LogP contribution is -2.41. The van der Waals surface area contributed by atoms with Gasteiger partial charge in [-0.1, -0.05) is 186 Å². The Balaban J connectivity index is 0.000000145. The smallest absolute Gasteiger partial charge is 0.399 e. The molecule has 0 radical (unpaired) electrons. The second-order valence-corrected chi connectivity index (χ2v) is 19.8. The third-order valence-electron chi connectivity index (χ3n) is 14.3. The summed E-state index contributed by atoms with van der Waals surface area (Å²) < 4.78 is 16.0. The number of hydrogen-bond acceptors (Lipinski definition) is 5. The molecule has 9 aromatic carbocycles. The second kappa shape index (κ2) is 16.6. The summed E-state index contributed by atoms with van der Waals surface area (Å²) >= 11 is 3.55. The molecule has 1 aromatic heterocycles. The lowest BCUT2D eigenvalue weighted by atomic mass is 9.78. The molecule has 3 aliphatic rings. The molecule has 8 heteroatoms. The number of nitrogens with zero attached hydrogens (tertiary/aromatic N) is 4. The molecule has 68 heavy (non-hydrogen) atoms. The van der Waals surface area contributed by atoms with Gasteiger partial charge in [0.25, 0.3) is 0 Å². The van der Waals surface area contributed by atoms with Crippen LogP contribution < -0.4 is 10.4 Å². The summed E-state index contributed by atoms with van der Waals surface area (Å²) in [5, 5.41) is 4.88. The number of benzene rings is 9. The van der Waals surface area contributed by atoms with Gasteiger partial charge in [-0.25, -0.2) is 4.98 Å². The number of amidine groups is 1. The molecule has 0 N–H and O–H groups in total. The van der Waals surface area contributed by atoms with Gasteiger partial charge in [0.2, 0.25) is 0 Å². The van der Waals surface area contributed by atoms with Gasteiger partial charge < -0.3 is 14.2 Å². The molecule has 10 aromatic rings. The predicted molar refractivity (Wildman–Crippen MR) is 284 cm³/mol. The summed E-state index contributed by atoms with van der Waals surface area (Å²) in [6.45, 7) is 8.35. The van der Waals surface area contributed by atoms with E-state index in [0.717, 1.165) is 55.1 Å². The summed E-state index contributed by atoms with van der Waals surface area (Å²) in [6.07, 6.45) is 0. The molecule has 3 heterocycles. The average Bonchev–Trinajstić information content (AvgIpc) is 4.05. The number of imidazole rings is 1. The first-order valence-electron chi connectivity index (χ1n) is 23.3. The van der Waals surface area contributed by atoms with Gasteiger partial charge in [-0.05, 0) is 103 Å². The Labute approximate surface area is 405 Å². The number of aliphatic imine (C=N–C) groups is 1. The topological polar surface area (TPSA) is 51.9 Å². The fourth-order valence-corrected chi connectivity index (χ4v) is 10.5. The van der Waals surface area contributed by atoms with E-state index < -0.39 is 0 Å². The number of para-hydroxylation sites is 2. The lowest BCUT2D eigenvalue weighted by molar-refractivity contribution is 0.00578. The van der Waals surface area contributed by atoms with Crippen molar-refractivity contribution in [3.8, 4) is 28.2 Å². The highest BCUT2D eigenvalue weighted by Crippen LogP contribution is 2.53. The van der Waals surface area contributed by atoms with E-state index in [1.807, 2.05) is 0 Å². The maximum atomic E-state index is 6.30. The van der Waals surface area contributed by atoms with Crippen LogP contribution in [0.2, 0.25) is 0 Å². The quantitative estimate of drug-likeness (QED) is 0.127. The van der Waals surface area contributed by atoms with E-state index in [9.17, 15) is 0 Å². The van der Waals surface area contributed by atoms with Gasteiger partial charge in [-0.15, -0.1) is 0 Å². The molecule has 1 saturated heterocycles. The van der Waals surface area contributed by atoms with E-state index in [1.165, 1.54) is 43.8 Å². The van der Waals surface area contributed by atoms with Crippen LogP contribution >= 0.6 is 15.9 Å². The molecule has 13 rings (SSSR count). The van der Waals surface area contributed by atoms with Crippen molar-refractivity contribution in [1.29, 1.82) is 0 Å². The zero-order valence-corrected chi connectivity index (χ0v) is 39.9. The molecule has 1 fully saturated rings. The third-order valence-corrected chi connectivity index (χ3v) is 14.8. The van der Waals surface area contributed by atoms with Crippen molar-refractivity contribution in [2.24, 2.45) is 4.99 Å². The van der Waals surface area contributed by atoms with Crippen molar-refractivity contribution in [3.63, 3.8) is 0 Å². The summed E-state index contributed by atoms with van der Waals surface area (Å²) in [7, 11) is -0.383. The molecular formula is C60H48BBrN4O2. The van der Waals surface area contributed by atoms with Crippen LogP contribution in [0.3, 0.4) is 0 Å². The van der Waals surface area contributed by atoms with Crippen molar-refractivity contribution in [3.05, 3.63) is 227 Å². The van der Waals surface area contributed by atoms with E-state index in [4.69, 9.17) is 19.3 Å². The van der Waals surface area contributed by atoms with Crippen molar-refractivity contribution in [2.45, 2.75) is 51.0 Å². The van der Waals surface area contributed by atoms with Crippen LogP contribution in [-0.4, -0.2) is 33.7 Å². The number of anilines is 1. The number of rotatable bonds is 5. The molecule has 6 nitrogen and oxygen atoms in total. The SMILES string of the molecule is Brc1ccc(-c2nc3c4ccccc4c4ccccc4c3n2-c2ccccc2)cc1.CC1(C)OB(c2ccc(C3=NC4c5ccccc5-c5ccccc5C4N3c3ccccc3)cc2)OC1(C)C. The fraction of sp³-hybridized carbons (Fsp3) is 0.133. The number of fused-ring (bicyclic) bond motifs is 12. The maximum Gasteiger partial charge on any atom is 0.494 e. The zero-order chi connectivity index (χ0) is 46.1. The van der Waals surface area contributed by atoms with Crippen LogP contribution in [-0.2, 0) is 9.31 Å². The highest BCUT2D eigenvalue weighted by Gasteiger charge is 2.52. The molecule has 1 aliphatic carbocycles. The molecule has 330 valence electrons. The van der Waals surface area contributed by atoms with E-state index in [2.05, 4.69) is 259 Å². The van der Waals surface area contributed by atoms with E-state index in [1.54, 1.807) is 0 Å². The van der Waals surface area contributed by atoms with Gasteiger partial charge in [-0.2, -0.15) is 0 Å². The van der Waals surface area contributed by atoms with Crippen molar-refractivity contribution >= 4 is 72.6 Å². The van der Waals surface area contributed by atoms with Gasteiger partial charge in [-0.3, -0.25) is 9.56 Å². The Morgan fingerprint density at radius 2 is 1.00 bits per heavy atom. The van der Waals surface area contributed by atoms with Gasteiger partial charge >= 0.3 is 7.12 Å². The van der Waals surface area contributed by atoms with Crippen molar-refractivity contribution in [1.82, 2.24) is 9.55 Å². The van der Waals surface area contributed by atoms with Gasteiger partial charge in [0.15, 0.2) is 0 Å². The highest BCUT2D eigenvalue weighted by molar-refractivity contribution is 9.10. The predicted octanol–water partition coefficient (Wildman–Crippen LogP) is 14.5. The molecule has 2 atom stereocenters. The first-order valence-corrected chi connectivity index (χ1v) is 24.1. The minimum atomic E-state index is -0.383. The fourth-order valence-electron chi connectivity index (χ4n) is 10.3. The minimum Gasteiger partial charge on any atom is -0.399 e. The molecular weight excluding hydrogens is 899 g/mol. The minimum absolute atomic E-state index is 0.0130. The highest BCUT2D eigenvalue weighted by atomic mass is 79.9. The van der Waals surface area contributed by atoms with Crippen LogP contribution in [0.1, 0.15) is 56.5 Å². The molecule has 0 bridgehead atoms. The zero-order valence-electron chi connectivity index (χ0n) is 38.3. The summed E-state index contributed by atoms with van der Waals surface area (Å²) in [5.41, 5.74) is 12.0. The third kappa shape index (κ3) is 7.01. The van der Waals surface area contributed by atoms with Crippen LogP contribution in [0.25, 0.3) is 60.8 Å². The maximum absolute atomic E-state index is 6.30. The van der Waals surface area contributed by atoms with Crippen LogP contribution in [0.15, 0.2) is 216 Å². The Kier molecular flexibility index (Phi) is 10.3. The van der Waals surface area contributed by atoms with Crippen molar-refractivity contribution in [2.75, 3.05) is 4.90 Å². The Morgan fingerprint density at radius 3 is 1.65 bits per heavy atom.